The van der Waals surface area contributed by atoms with Gasteiger partial charge in [-0.05, 0) is 77.4 Å². The number of hydrogen-bond acceptors (Lipinski definition) is 3. The van der Waals surface area contributed by atoms with Gasteiger partial charge < -0.3 is 0 Å². The summed E-state index contributed by atoms with van der Waals surface area (Å²) in [7, 11) is -3.49. The van der Waals surface area contributed by atoms with Crippen molar-refractivity contribution in [2.45, 2.75) is 30.6 Å². The fraction of sp³-hybridized carbons (Fsp3) is 0.286. The fourth-order valence-corrected chi connectivity index (χ4v) is 5.18. The highest BCUT2D eigenvalue weighted by Gasteiger charge is 2.25. The van der Waals surface area contributed by atoms with Crippen LogP contribution in [0.25, 0.3) is 6.08 Å². The molecule has 0 aliphatic carbocycles. The third-order valence-electron chi connectivity index (χ3n) is 4.66. The van der Waals surface area contributed by atoms with E-state index in [4.69, 9.17) is 0 Å². The van der Waals surface area contributed by atoms with E-state index in [9.17, 15) is 13.2 Å². The highest BCUT2D eigenvalue weighted by atomic mass is 127. The molecule has 0 bridgehead atoms. The number of benzene rings is 2. The van der Waals surface area contributed by atoms with Crippen molar-refractivity contribution in [1.29, 1.82) is 0 Å². The quantitative estimate of drug-likeness (QED) is 0.342. The van der Waals surface area contributed by atoms with E-state index in [-0.39, 0.29) is 10.7 Å². The zero-order valence-corrected chi connectivity index (χ0v) is 17.9. The first-order chi connectivity index (χ1) is 13.0. The van der Waals surface area contributed by atoms with Gasteiger partial charge in [0.25, 0.3) is 0 Å². The third kappa shape index (κ3) is 5.06. The lowest BCUT2D eigenvalue weighted by molar-refractivity contribution is 0.104. The average molecular weight is 495 g/mol. The van der Waals surface area contributed by atoms with Crippen LogP contribution in [0, 0.1) is 3.57 Å². The minimum atomic E-state index is -3.49. The molecule has 0 saturated carbocycles. The van der Waals surface area contributed by atoms with Crippen LogP contribution in [0.2, 0.25) is 0 Å². The number of allylic oxidation sites excluding steroid dienone is 1. The molecule has 2 aromatic carbocycles. The highest BCUT2D eigenvalue weighted by molar-refractivity contribution is 14.1. The molecule has 1 fully saturated rings. The Morgan fingerprint density at radius 3 is 2.19 bits per heavy atom. The van der Waals surface area contributed by atoms with E-state index in [0.717, 1.165) is 34.8 Å². The Morgan fingerprint density at radius 2 is 1.56 bits per heavy atom. The van der Waals surface area contributed by atoms with Crippen LogP contribution in [0.5, 0.6) is 0 Å². The van der Waals surface area contributed by atoms with Gasteiger partial charge in [0.05, 0.1) is 4.90 Å². The van der Waals surface area contributed by atoms with Gasteiger partial charge in [-0.1, -0.05) is 37.1 Å². The van der Waals surface area contributed by atoms with Crippen molar-refractivity contribution in [1.82, 2.24) is 4.31 Å². The molecule has 0 radical (unpaired) electrons. The van der Waals surface area contributed by atoms with E-state index in [0.29, 0.717) is 18.7 Å². The average Bonchev–Trinajstić information content (AvgIpc) is 2.97. The lowest BCUT2D eigenvalue weighted by Crippen LogP contribution is -2.31. The molecular weight excluding hydrogens is 473 g/mol. The second kappa shape index (κ2) is 9.12. The predicted octanol–water partition coefficient (Wildman–Crippen LogP) is 4.75. The molecule has 0 aromatic heterocycles. The van der Waals surface area contributed by atoms with Gasteiger partial charge >= 0.3 is 0 Å². The van der Waals surface area contributed by atoms with Crippen LogP contribution < -0.4 is 0 Å². The zero-order chi connectivity index (χ0) is 19.3. The minimum absolute atomic E-state index is 0.145. The molecule has 0 atom stereocenters. The number of carbonyl (C=O) groups excluding carboxylic acids is 1. The topological polar surface area (TPSA) is 54.5 Å². The first-order valence-corrected chi connectivity index (χ1v) is 11.6. The molecule has 3 rings (SSSR count). The van der Waals surface area contributed by atoms with Gasteiger partial charge in [-0.15, -0.1) is 0 Å². The van der Waals surface area contributed by atoms with E-state index in [1.165, 1.54) is 18.2 Å². The number of rotatable bonds is 5. The largest absolute Gasteiger partial charge is 0.289 e. The summed E-state index contributed by atoms with van der Waals surface area (Å²) < 4.78 is 28.2. The molecule has 0 amide bonds. The predicted molar refractivity (Wildman–Crippen MR) is 116 cm³/mol. The maximum atomic E-state index is 12.8. The second-order valence-corrected chi connectivity index (χ2v) is 9.66. The molecule has 2 aromatic rings. The number of ketones is 1. The smallest absolute Gasteiger partial charge is 0.243 e. The lowest BCUT2D eigenvalue weighted by atomic mass is 10.1. The fourth-order valence-electron chi connectivity index (χ4n) is 3.09. The molecule has 0 unspecified atom stereocenters. The Kier molecular flexibility index (Phi) is 6.83. The molecule has 27 heavy (non-hydrogen) atoms. The molecule has 4 nitrogen and oxygen atoms in total. The van der Waals surface area contributed by atoms with Crippen LogP contribution in [0.4, 0.5) is 0 Å². The highest BCUT2D eigenvalue weighted by Crippen LogP contribution is 2.21. The molecule has 142 valence electrons. The van der Waals surface area contributed by atoms with Gasteiger partial charge in [0.2, 0.25) is 10.0 Å². The summed E-state index contributed by atoms with van der Waals surface area (Å²) >= 11 is 2.22. The van der Waals surface area contributed by atoms with E-state index in [1.807, 2.05) is 24.3 Å². The van der Waals surface area contributed by atoms with Gasteiger partial charge in [-0.25, -0.2) is 8.42 Å². The Bertz CT molecular complexity index is 928. The number of nitrogens with zero attached hydrogens (tertiary/aromatic N) is 1. The zero-order valence-electron chi connectivity index (χ0n) is 15.0. The Hall–Kier alpha value is -1.51. The van der Waals surface area contributed by atoms with Crippen LogP contribution in [0.3, 0.4) is 0 Å². The molecule has 1 aliphatic heterocycles. The molecule has 6 heteroatoms. The van der Waals surface area contributed by atoms with Crippen LogP contribution in [0.15, 0.2) is 59.5 Å². The molecule has 1 aliphatic rings. The van der Waals surface area contributed by atoms with Crippen molar-refractivity contribution in [3.63, 3.8) is 0 Å². The van der Waals surface area contributed by atoms with Crippen molar-refractivity contribution in [3.8, 4) is 0 Å². The Labute approximate surface area is 174 Å². The van der Waals surface area contributed by atoms with E-state index >= 15 is 0 Å². The molecular formula is C21H22INO3S. The van der Waals surface area contributed by atoms with Crippen LogP contribution in [-0.4, -0.2) is 31.6 Å². The van der Waals surface area contributed by atoms with Gasteiger partial charge in [0.1, 0.15) is 0 Å². The maximum absolute atomic E-state index is 12.8. The number of hydrogen-bond donors (Lipinski definition) is 0. The standard InChI is InChI=1S/C21H22INO3S/c22-20-8-4-3-7-17(20)11-14-21(24)18-9-12-19(13-10-18)27(25,26)23-15-5-1-2-6-16-23/h3-4,7-14H,1-2,5-6,15-16H2. The third-order valence-corrected chi connectivity index (χ3v) is 7.56. The second-order valence-electron chi connectivity index (χ2n) is 6.56. The normalized spacial score (nSPS) is 16.3. The van der Waals surface area contributed by atoms with Crippen LogP contribution in [-0.2, 0) is 10.0 Å². The number of carbonyl (C=O) groups is 1. The lowest BCUT2D eigenvalue weighted by Gasteiger charge is -2.19. The van der Waals surface area contributed by atoms with Gasteiger partial charge in [0, 0.05) is 22.2 Å². The first-order valence-electron chi connectivity index (χ1n) is 9.05. The van der Waals surface area contributed by atoms with Crippen molar-refractivity contribution >= 4 is 44.5 Å². The van der Waals surface area contributed by atoms with Crippen LogP contribution in [0.1, 0.15) is 41.6 Å². The molecule has 0 spiro atoms. The van der Waals surface area contributed by atoms with Crippen molar-refractivity contribution in [2.24, 2.45) is 0 Å². The Balaban J connectivity index is 1.74. The molecule has 1 heterocycles. The number of sulfonamides is 1. The molecule has 0 N–H and O–H groups in total. The number of halogens is 1. The molecule has 1 saturated heterocycles. The summed E-state index contributed by atoms with van der Waals surface area (Å²) in [6.45, 7) is 1.14. The Morgan fingerprint density at radius 1 is 0.926 bits per heavy atom. The summed E-state index contributed by atoms with van der Waals surface area (Å²) in [6.07, 6.45) is 7.26. The summed E-state index contributed by atoms with van der Waals surface area (Å²) in [5.74, 6) is -0.145. The van der Waals surface area contributed by atoms with E-state index < -0.39 is 10.0 Å². The maximum Gasteiger partial charge on any atom is 0.243 e. The van der Waals surface area contributed by atoms with Crippen molar-refractivity contribution in [3.05, 3.63) is 69.3 Å². The van der Waals surface area contributed by atoms with Gasteiger partial charge in [-0.2, -0.15) is 4.31 Å². The monoisotopic (exact) mass is 495 g/mol. The summed E-state index contributed by atoms with van der Waals surface area (Å²) in [6, 6.07) is 14.1. The van der Waals surface area contributed by atoms with Crippen LogP contribution >= 0.6 is 22.6 Å². The van der Waals surface area contributed by atoms with Gasteiger partial charge in [-0.3, -0.25) is 4.79 Å². The van der Waals surface area contributed by atoms with Crippen molar-refractivity contribution < 1.29 is 13.2 Å². The summed E-state index contributed by atoms with van der Waals surface area (Å²) in [5.41, 5.74) is 1.46. The van der Waals surface area contributed by atoms with Crippen molar-refractivity contribution in [2.75, 3.05) is 13.1 Å². The summed E-state index contributed by atoms with van der Waals surface area (Å²) in [4.78, 5) is 12.6. The van der Waals surface area contributed by atoms with Gasteiger partial charge in [0.15, 0.2) is 5.78 Å². The van der Waals surface area contributed by atoms with E-state index in [1.54, 1.807) is 22.5 Å². The SMILES string of the molecule is O=C(C=Cc1ccccc1I)c1ccc(S(=O)(=O)N2CCCCCC2)cc1. The minimum Gasteiger partial charge on any atom is -0.289 e. The first kappa shape index (κ1) is 20.2. The summed E-state index contributed by atoms with van der Waals surface area (Å²) in [5, 5.41) is 0. The van der Waals surface area contributed by atoms with E-state index in [2.05, 4.69) is 22.6 Å².